The van der Waals surface area contributed by atoms with E-state index in [4.69, 9.17) is 0 Å². The van der Waals surface area contributed by atoms with E-state index in [2.05, 4.69) is 26.4 Å². The van der Waals surface area contributed by atoms with Crippen molar-refractivity contribution < 1.29 is 0 Å². The normalized spacial score (nSPS) is 11.2. The van der Waals surface area contributed by atoms with Crippen LogP contribution < -0.4 is 5.32 Å². The number of H-pyrrole nitrogens is 1. The van der Waals surface area contributed by atoms with Crippen molar-refractivity contribution in [1.82, 2.24) is 25.1 Å². The maximum absolute atomic E-state index is 4.28. The lowest BCUT2D eigenvalue weighted by Crippen LogP contribution is -2.15. The predicted molar refractivity (Wildman–Crippen MR) is 69.8 cm³/mol. The number of nitrogens with one attached hydrogen (secondary N) is 2. The average molecular weight is 241 g/mol. The van der Waals surface area contributed by atoms with Crippen molar-refractivity contribution in [2.75, 3.05) is 0 Å². The van der Waals surface area contributed by atoms with Gasteiger partial charge in [0.05, 0.1) is 5.69 Å². The van der Waals surface area contributed by atoms with E-state index in [0.717, 1.165) is 18.7 Å². The van der Waals surface area contributed by atoms with Crippen LogP contribution in [0.5, 0.6) is 0 Å². The van der Waals surface area contributed by atoms with Crippen LogP contribution >= 0.6 is 0 Å². The molecule has 0 bridgehead atoms. The number of pyridine rings is 1. The summed E-state index contributed by atoms with van der Waals surface area (Å²) in [6.07, 6.45) is 5.62. The molecule has 0 fully saturated rings. The van der Waals surface area contributed by atoms with Gasteiger partial charge >= 0.3 is 0 Å². The second-order valence-corrected chi connectivity index (χ2v) is 4.26. The van der Waals surface area contributed by atoms with Gasteiger partial charge < -0.3 is 10.3 Å². The van der Waals surface area contributed by atoms with E-state index in [1.165, 1.54) is 16.6 Å². The summed E-state index contributed by atoms with van der Waals surface area (Å²) in [4.78, 5) is 7.45. The molecular weight excluding hydrogens is 226 g/mol. The van der Waals surface area contributed by atoms with Crippen molar-refractivity contribution >= 4 is 11.0 Å². The molecule has 3 rings (SSSR count). The van der Waals surface area contributed by atoms with Crippen LogP contribution in [0.15, 0.2) is 36.8 Å². The lowest BCUT2D eigenvalue weighted by Gasteiger charge is -2.04. The molecule has 0 aromatic carbocycles. The molecule has 5 nitrogen and oxygen atoms in total. The van der Waals surface area contributed by atoms with Crippen LogP contribution in [-0.2, 0) is 20.1 Å². The number of hydrogen-bond acceptors (Lipinski definition) is 3. The maximum atomic E-state index is 4.28. The van der Waals surface area contributed by atoms with E-state index in [1.54, 1.807) is 6.20 Å². The fourth-order valence-electron chi connectivity index (χ4n) is 2.06. The highest BCUT2D eigenvalue weighted by atomic mass is 15.3. The first-order valence-electron chi connectivity index (χ1n) is 5.93. The van der Waals surface area contributed by atoms with Gasteiger partial charge in [-0.05, 0) is 23.8 Å². The largest absolute Gasteiger partial charge is 0.346 e. The minimum atomic E-state index is 0.809. The maximum Gasteiger partial charge on any atom is 0.137 e. The van der Waals surface area contributed by atoms with E-state index in [1.807, 2.05) is 36.3 Å². The molecule has 0 unspecified atom stereocenters. The lowest BCUT2D eigenvalue weighted by molar-refractivity contribution is 0.627. The summed E-state index contributed by atoms with van der Waals surface area (Å²) in [5.74, 6) is 0. The fourth-order valence-corrected chi connectivity index (χ4v) is 2.06. The van der Waals surface area contributed by atoms with Gasteiger partial charge in [0.1, 0.15) is 5.65 Å². The Morgan fingerprint density at radius 3 is 3.06 bits per heavy atom. The summed E-state index contributed by atoms with van der Waals surface area (Å²) in [6.45, 7) is 1.63. The van der Waals surface area contributed by atoms with Crippen LogP contribution in [-0.4, -0.2) is 19.7 Å². The Kier molecular flexibility index (Phi) is 2.82. The summed E-state index contributed by atoms with van der Waals surface area (Å²) >= 11 is 0. The lowest BCUT2D eigenvalue weighted by atomic mass is 10.2. The molecule has 0 aliphatic carbocycles. The third kappa shape index (κ3) is 2.00. The molecule has 0 atom stereocenters. The van der Waals surface area contributed by atoms with Crippen LogP contribution in [0.2, 0.25) is 0 Å². The summed E-state index contributed by atoms with van der Waals surface area (Å²) in [5.41, 5.74) is 3.35. The van der Waals surface area contributed by atoms with Gasteiger partial charge in [-0.2, -0.15) is 5.10 Å². The van der Waals surface area contributed by atoms with E-state index in [9.17, 15) is 0 Å². The van der Waals surface area contributed by atoms with Gasteiger partial charge in [0, 0.05) is 44.1 Å². The standard InChI is InChI=1S/C13H15N5/c1-18-11(4-6-17-18)9-14-7-10-8-16-13-12(10)3-2-5-15-13/h2-6,8,14H,7,9H2,1H3,(H,15,16). The smallest absolute Gasteiger partial charge is 0.137 e. The molecule has 5 heteroatoms. The van der Waals surface area contributed by atoms with Crippen molar-refractivity contribution in [2.45, 2.75) is 13.1 Å². The van der Waals surface area contributed by atoms with E-state index in [0.29, 0.717) is 0 Å². The van der Waals surface area contributed by atoms with E-state index < -0.39 is 0 Å². The number of fused-ring (bicyclic) bond motifs is 1. The number of aromatic amines is 1. The molecule has 3 aromatic rings. The molecule has 0 saturated carbocycles. The van der Waals surface area contributed by atoms with Gasteiger partial charge in [-0.25, -0.2) is 4.98 Å². The molecule has 0 radical (unpaired) electrons. The molecule has 3 heterocycles. The first-order chi connectivity index (χ1) is 8.84. The Labute approximate surface area is 105 Å². The Morgan fingerprint density at radius 1 is 1.28 bits per heavy atom. The fraction of sp³-hybridized carbons (Fsp3) is 0.231. The Morgan fingerprint density at radius 2 is 2.22 bits per heavy atom. The van der Waals surface area contributed by atoms with Crippen LogP contribution in [0.1, 0.15) is 11.3 Å². The van der Waals surface area contributed by atoms with Crippen molar-refractivity contribution in [2.24, 2.45) is 7.05 Å². The third-order valence-corrected chi connectivity index (χ3v) is 3.08. The number of nitrogens with zero attached hydrogens (tertiary/aromatic N) is 3. The van der Waals surface area contributed by atoms with Gasteiger partial charge in [0.25, 0.3) is 0 Å². The predicted octanol–water partition coefficient (Wildman–Crippen LogP) is 1.59. The van der Waals surface area contributed by atoms with Crippen LogP contribution in [0.3, 0.4) is 0 Å². The summed E-state index contributed by atoms with van der Waals surface area (Å²) in [6, 6.07) is 6.06. The molecule has 0 aliphatic rings. The molecule has 92 valence electrons. The van der Waals surface area contributed by atoms with Crippen molar-refractivity contribution in [3.05, 3.63) is 48.0 Å². The third-order valence-electron chi connectivity index (χ3n) is 3.08. The van der Waals surface area contributed by atoms with Crippen LogP contribution in [0, 0.1) is 0 Å². The summed E-state index contributed by atoms with van der Waals surface area (Å²) in [5, 5.41) is 8.73. The zero-order chi connectivity index (χ0) is 12.4. The minimum absolute atomic E-state index is 0.809. The molecule has 0 aliphatic heterocycles. The first kappa shape index (κ1) is 11.0. The SMILES string of the molecule is Cn1nccc1CNCc1c[nH]c2ncccc12. The zero-order valence-corrected chi connectivity index (χ0v) is 10.2. The van der Waals surface area contributed by atoms with Gasteiger partial charge in [-0.1, -0.05) is 0 Å². The van der Waals surface area contributed by atoms with Crippen LogP contribution in [0.4, 0.5) is 0 Å². The van der Waals surface area contributed by atoms with Crippen molar-refractivity contribution in [3.63, 3.8) is 0 Å². The number of aryl methyl sites for hydroxylation is 1. The second kappa shape index (κ2) is 4.62. The monoisotopic (exact) mass is 241 g/mol. The summed E-state index contributed by atoms with van der Waals surface area (Å²) in [7, 11) is 1.95. The molecule has 3 aromatic heterocycles. The molecule has 0 spiro atoms. The van der Waals surface area contributed by atoms with Crippen LogP contribution in [0.25, 0.3) is 11.0 Å². The molecule has 0 saturated heterocycles. The highest BCUT2D eigenvalue weighted by molar-refractivity contribution is 5.79. The Balaban J connectivity index is 1.68. The van der Waals surface area contributed by atoms with E-state index in [-0.39, 0.29) is 0 Å². The number of hydrogen-bond donors (Lipinski definition) is 2. The summed E-state index contributed by atoms with van der Waals surface area (Å²) < 4.78 is 1.88. The van der Waals surface area contributed by atoms with Crippen molar-refractivity contribution in [1.29, 1.82) is 0 Å². The Hall–Kier alpha value is -2.14. The zero-order valence-electron chi connectivity index (χ0n) is 10.2. The highest BCUT2D eigenvalue weighted by Gasteiger charge is 2.04. The average Bonchev–Trinajstić information content (AvgIpc) is 2.97. The Bertz CT molecular complexity index is 652. The molecule has 2 N–H and O–H groups in total. The topological polar surface area (TPSA) is 58.5 Å². The second-order valence-electron chi connectivity index (χ2n) is 4.26. The van der Waals surface area contributed by atoms with Gasteiger partial charge in [-0.3, -0.25) is 4.68 Å². The van der Waals surface area contributed by atoms with E-state index >= 15 is 0 Å². The number of rotatable bonds is 4. The molecule has 18 heavy (non-hydrogen) atoms. The first-order valence-corrected chi connectivity index (χ1v) is 5.93. The number of aromatic nitrogens is 4. The van der Waals surface area contributed by atoms with Gasteiger partial charge in [0.2, 0.25) is 0 Å². The van der Waals surface area contributed by atoms with Gasteiger partial charge in [-0.15, -0.1) is 0 Å². The van der Waals surface area contributed by atoms with Gasteiger partial charge in [0.15, 0.2) is 0 Å². The van der Waals surface area contributed by atoms with Crippen molar-refractivity contribution in [3.8, 4) is 0 Å². The molecular formula is C13H15N5. The minimum Gasteiger partial charge on any atom is -0.346 e. The quantitative estimate of drug-likeness (QED) is 0.729. The highest BCUT2D eigenvalue weighted by Crippen LogP contribution is 2.15. The molecule has 0 amide bonds.